The van der Waals surface area contributed by atoms with Crippen LogP contribution in [0.4, 0.5) is 5.69 Å². The number of fused-ring (bicyclic) bond motifs is 1. The summed E-state index contributed by atoms with van der Waals surface area (Å²) in [5.74, 6) is -0.479. The number of benzene rings is 2. The number of anilines is 1. The van der Waals surface area contributed by atoms with Crippen LogP contribution in [0.25, 0.3) is 0 Å². The molecule has 1 heterocycles. The van der Waals surface area contributed by atoms with Crippen LogP contribution in [0.15, 0.2) is 54.6 Å². The number of rotatable bonds is 1. The monoisotopic (exact) mass is 252 g/mol. The molecule has 94 valence electrons. The molecule has 0 aliphatic carbocycles. The molecule has 0 bridgehead atoms. The van der Waals surface area contributed by atoms with Crippen molar-refractivity contribution < 1.29 is 9.59 Å². The lowest BCUT2D eigenvalue weighted by Crippen LogP contribution is -2.33. The molecule has 3 rings (SSSR count). The molecule has 0 saturated heterocycles. The van der Waals surface area contributed by atoms with Crippen LogP contribution in [0.3, 0.4) is 0 Å². The van der Waals surface area contributed by atoms with Gasteiger partial charge in [-0.1, -0.05) is 42.5 Å². The summed E-state index contributed by atoms with van der Waals surface area (Å²) in [6.45, 7) is 0. The summed E-state index contributed by atoms with van der Waals surface area (Å²) in [5, 5.41) is 5.53. The summed E-state index contributed by atoms with van der Waals surface area (Å²) in [5.41, 5.74) is 1.79. The first kappa shape index (κ1) is 11.5. The van der Waals surface area contributed by atoms with Crippen LogP contribution >= 0.6 is 0 Å². The van der Waals surface area contributed by atoms with Crippen molar-refractivity contribution in [3.63, 3.8) is 0 Å². The van der Waals surface area contributed by atoms with Gasteiger partial charge in [0.25, 0.3) is 11.8 Å². The summed E-state index contributed by atoms with van der Waals surface area (Å²) in [6.07, 6.45) is 0. The molecule has 2 aromatic carbocycles. The lowest BCUT2D eigenvalue weighted by molar-refractivity contribution is -0.118. The van der Waals surface area contributed by atoms with Gasteiger partial charge in [0, 0.05) is 0 Å². The van der Waals surface area contributed by atoms with E-state index in [-0.39, 0.29) is 11.8 Å². The van der Waals surface area contributed by atoms with E-state index in [9.17, 15) is 9.59 Å². The smallest absolute Gasteiger partial charge is 0.254 e. The first-order valence-electron chi connectivity index (χ1n) is 6.01. The van der Waals surface area contributed by atoms with Crippen molar-refractivity contribution in [1.82, 2.24) is 5.32 Å². The number of nitrogens with one attached hydrogen (secondary N) is 2. The number of para-hydroxylation sites is 1. The largest absolute Gasteiger partial charge is 0.336 e. The zero-order valence-electron chi connectivity index (χ0n) is 10.1. The van der Waals surface area contributed by atoms with Gasteiger partial charge in [-0.25, -0.2) is 0 Å². The van der Waals surface area contributed by atoms with Gasteiger partial charge in [0.2, 0.25) is 0 Å². The molecule has 0 spiro atoms. The van der Waals surface area contributed by atoms with Crippen LogP contribution in [0, 0.1) is 0 Å². The van der Waals surface area contributed by atoms with Gasteiger partial charge in [0.1, 0.15) is 6.04 Å². The molecule has 4 nitrogen and oxygen atoms in total. The fraction of sp³-hybridized carbons (Fsp3) is 0.0667. The normalized spacial score (nSPS) is 18.0. The number of carbonyl (C=O) groups is 2. The molecular formula is C15H12N2O2. The Kier molecular flexibility index (Phi) is 2.76. The maximum Gasteiger partial charge on any atom is 0.254 e. The molecule has 19 heavy (non-hydrogen) atoms. The minimum Gasteiger partial charge on any atom is -0.336 e. The highest BCUT2D eigenvalue weighted by Crippen LogP contribution is 2.23. The second-order valence-electron chi connectivity index (χ2n) is 4.35. The van der Waals surface area contributed by atoms with Crippen LogP contribution in [-0.2, 0) is 4.79 Å². The molecule has 2 aromatic rings. The SMILES string of the molecule is O=C1NC(c2ccccc2)C(=O)Nc2ccccc21. The fourth-order valence-electron chi connectivity index (χ4n) is 2.15. The third-order valence-electron chi connectivity index (χ3n) is 3.10. The molecule has 4 heteroatoms. The van der Waals surface area contributed by atoms with Gasteiger partial charge in [-0.3, -0.25) is 9.59 Å². The van der Waals surface area contributed by atoms with E-state index >= 15 is 0 Å². The van der Waals surface area contributed by atoms with E-state index in [1.54, 1.807) is 24.3 Å². The second-order valence-corrected chi connectivity index (χ2v) is 4.35. The van der Waals surface area contributed by atoms with Crippen LogP contribution in [0.1, 0.15) is 22.0 Å². The van der Waals surface area contributed by atoms with Gasteiger partial charge in [0.15, 0.2) is 0 Å². The topological polar surface area (TPSA) is 58.2 Å². The Labute approximate surface area is 110 Å². The zero-order valence-corrected chi connectivity index (χ0v) is 10.1. The lowest BCUT2D eigenvalue weighted by atomic mass is 10.1. The quantitative estimate of drug-likeness (QED) is 0.816. The van der Waals surface area contributed by atoms with Crippen LogP contribution < -0.4 is 10.6 Å². The molecule has 1 unspecified atom stereocenters. The predicted octanol–water partition coefficient (Wildman–Crippen LogP) is 2.11. The first-order valence-corrected chi connectivity index (χ1v) is 6.01. The summed E-state index contributed by atoms with van der Waals surface area (Å²) < 4.78 is 0. The number of hydrogen-bond acceptors (Lipinski definition) is 2. The van der Waals surface area contributed by atoms with Gasteiger partial charge in [0.05, 0.1) is 11.3 Å². The summed E-state index contributed by atoms with van der Waals surface area (Å²) >= 11 is 0. The van der Waals surface area contributed by atoms with Gasteiger partial charge in [-0.2, -0.15) is 0 Å². The summed E-state index contributed by atoms with van der Waals surface area (Å²) in [7, 11) is 0. The highest BCUT2D eigenvalue weighted by atomic mass is 16.2. The van der Waals surface area contributed by atoms with Crippen molar-refractivity contribution in [2.45, 2.75) is 6.04 Å². The third kappa shape index (κ3) is 2.08. The van der Waals surface area contributed by atoms with Crippen LogP contribution in [0.5, 0.6) is 0 Å². The van der Waals surface area contributed by atoms with Crippen molar-refractivity contribution in [3.8, 4) is 0 Å². The average molecular weight is 252 g/mol. The number of hydrogen-bond donors (Lipinski definition) is 2. The molecule has 0 saturated carbocycles. The Morgan fingerprint density at radius 2 is 1.53 bits per heavy atom. The summed E-state index contributed by atoms with van der Waals surface area (Å²) in [4.78, 5) is 24.3. The van der Waals surface area contributed by atoms with Crippen LogP contribution in [-0.4, -0.2) is 11.8 Å². The molecule has 0 fully saturated rings. The molecule has 1 aliphatic rings. The maximum atomic E-state index is 12.2. The number of carbonyl (C=O) groups excluding carboxylic acids is 2. The zero-order chi connectivity index (χ0) is 13.2. The molecule has 1 atom stereocenters. The highest BCUT2D eigenvalue weighted by Gasteiger charge is 2.28. The third-order valence-corrected chi connectivity index (χ3v) is 3.10. The molecular weight excluding hydrogens is 240 g/mol. The number of amides is 2. The van der Waals surface area contributed by atoms with E-state index in [2.05, 4.69) is 10.6 Å². The van der Waals surface area contributed by atoms with Gasteiger partial charge in [-0.15, -0.1) is 0 Å². The Morgan fingerprint density at radius 3 is 2.32 bits per heavy atom. The van der Waals surface area contributed by atoms with Gasteiger partial charge in [-0.05, 0) is 17.7 Å². The Bertz CT molecular complexity index is 638. The maximum absolute atomic E-state index is 12.2. The minimum atomic E-state index is -0.666. The molecule has 0 aromatic heterocycles. The molecule has 0 radical (unpaired) electrons. The average Bonchev–Trinajstić information content (AvgIpc) is 2.57. The van der Waals surface area contributed by atoms with E-state index in [1.165, 1.54) is 0 Å². The van der Waals surface area contributed by atoms with Gasteiger partial charge >= 0.3 is 0 Å². The van der Waals surface area contributed by atoms with E-state index in [4.69, 9.17) is 0 Å². The predicted molar refractivity (Wildman–Crippen MR) is 71.7 cm³/mol. The second kappa shape index (κ2) is 4.57. The van der Waals surface area contributed by atoms with Crippen LogP contribution in [0.2, 0.25) is 0 Å². The fourth-order valence-corrected chi connectivity index (χ4v) is 2.15. The van der Waals surface area contributed by atoms with Gasteiger partial charge < -0.3 is 10.6 Å². The van der Waals surface area contributed by atoms with Crippen molar-refractivity contribution in [1.29, 1.82) is 0 Å². The van der Waals surface area contributed by atoms with Crippen molar-refractivity contribution in [3.05, 3.63) is 65.7 Å². The van der Waals surface area contributed by atoms with E-state index in [0.29, 0.717) is 11.3 Å². The first-order chi connectivity index (χ1) is 9.25. The highest BCUT2D eigenvalue weighted by molar-refractivity contribution is 6.10. The van der Waals surface area contributed by atoms with Crippen molar-refractivity contribution in [2.24, 2.45) is 0 Å². The molecule has 2 N–H and O–H groups in total. The Morgan fingerprint density at radius 1 is 0.842 bits per heavy atom. The Hall–Kier alpha value is -2.62. The summed E-state index contributed by atoms with van der Waals surface area (Å²) in [6, 6.07) is 15.5. The Balaban J connectivity index is 2.01. The van der Waals surface area contributed by atoms with E-state index in [1.807, 2.05) is 30.3 Å². The lowest BCUT2D eigenvalue weighted by Gasteiger charge is -2.14. The van der Waals surface area contributed by atoms with Crippen molar-refractivity contribution in [2.75, 3.05) is 5.32 Å². The minimum absolute atomic E-state index is 0.232. The van der Waals surface area contributed by atoms with Crippen molar-refractivity contribution >= 4 is 17.5 Å². The standard InChI is InChI=1S/C15H12N2O2/c18-14-11-8-4-5-9-12(11)16-15(19)13(17-14)10-6-2-1-3-7-10/h1-9,13H,(H,16,19)(H,17,18). The molecule has 2 amide bonds. The molecule has 1 aliphatic heterocycles. The van der Waals surface area contributed by atoms with E-state index in [0.717, 1.165) is 5.56 Å². The van der Waals surface area contributed by atoms with E-state index < -0.39 is 6.04 Å².